The summed E-state index contributed by atoms with van der Waals surface area (Å²) in [5, 5.41) is 14.5. The Hall–Kier alpha value is -18.8. The molecule has 140 heavy (non-hydrogen) atoms. The van der Waals surface area contributed by atoms with Gasteiger partial charge in [0.15, 0.2) is 0 Å². The molecule has 24 aromatic rings. The maximum Gasteiger partial charge on any atom is 0.0540 e. The number of fused-ring (bicyclic) bond motifs is 6. The molecule has 0 unspecified atom stereocenters. The molecule has 24 aromatic carbocycles. The average molecular weight is 1790 g/mol. The molecule has 8 heteroatoms. The molecule has 0 bridgehead atoms. The molecule has 0 spiro atoms. The fourth-order valence-corrected chi connectivity index (χ4v) is 19.6. The van der Waals surface area contributed by atoms with Gasteiger partial charge in [-0.05, 0) is 321 Å². The maximum atomic E-state index is 2.36. The smallest absolute Gasteiger partial charge is 0.0540 e. The second-order valence-corrected chi connectivity index (χ2v) is 34.9. The maximum absolute atomic E-state index is 2.36. The first-order chi connectivity index (χ1) is 69.4. The first-order valence-electron chi connectivity index (χ1n) is 47.7. The highest BCUT2D eigenvalue weighted by Gasteiger charge is 2.26. The van der Waals surface area contributed by atoms with Crippen LogP contribution in [-0.4, -0.2) is 0 Å². The SMILES string of the molecule is c1ccc(N(c2ccc(N(c3ccc(N(c4ccccc4)c4ccc5ccccc5c4)cc3)c3ccc(N(c4ccccc4)c4ccc5ccccc5c4)cc3)cc2)c2ccc3ccccc3c2)cc1.c1ccc(N(c2ccc(N(c3ccc(N(c4ccccc4)c4cccc5ccccc45)cc3)c3ccc(N(c4ccccc4)c4cccc5ccccc45)cc3)cc2)c2cccc3ccccc23)cc1. The van der Waals surface area contributed by atoms with E-state index in [1.165, 1.54) is 64.6 Å². The molecule has 664 valence electrons. The summed E-state index contributed by atoms with van der Waals surface area (Å²) in [5.41, 5.74) is 25.9. The van der Waals surface area contributed by atoms with Crippen molar-refractivity contribution in [1.82, 2.24) is 0 Å². The predicted octanol–water partition coefficient (Wildman–Crippen LogP) is 38.1. The van der Waals surface area contributed by atoms with Crippen LogP contribution >= 0.6 is 0 Å². The van der Waals surface area contributed by atoms with E-state index >= 15 is 0 Å². The first kappa shape index (κ1) is 85.4. The van der Waals surface area contributed by atoms with Crippen molar-refractivity contribution in [3.05, 3.63) is 582 Å². The van der Waals surface area contributed by atoms with Gasteiger partial charge in [-0.15, -0.1) is 0 Å². The van der Waals surface area contributed by atoms with E-state index in [1.54, 1.807) is 0 Å². The summed E-state index contributed by atoms with van der Waals surface area (Å²) >= 11 is 0. The van der Waals surface area contributed by atoms with Gasteiger partial charge in [-0.2, -0.15) is 0 Å². The van der Waals surface area contributed by atoms with Crippen LogP contribution in [-0.2, 0) is 0 Å². The molecule has 0 fully saturated rings. The van der Waals surface area contributed by atoms with Crippen LogP contribution in [0.5, 0.6) is 0 Å². The third-order valence-corrected chi connectivity index (χ3v) is 26.3. The summed E-state index contributed by atoms with van der Waals surface area (Å²) in [7, 11) is 0. The van der Waals surface area contributed by atoms with Crippen molar-refractivity contribution < 1.29 is 0 Å². The standard InChI is InChI=1S/2C66H48N4/c1-4-25-52(26-5-1)68(64-34-16-22-49-19-10-13-31-61(49)64)58-43-37-55(38-44-58)67(56-39-45-59(46-40-56)69(53-27-6-2-7-28-53)65-35-17-23-50-20-11-14-32-62(50)65)57-41-47-60(48-42-57)70(54-29-8-3-9-30-54)66-36-18-24-51-21-12-15-33-63(51)66;1-4-22-55(23-5-1)68(64-31-28-49-16-10-13-19-52(49)46-64)61-40-34-58(35-41-61)67(59-36-42-62(43-37-59)69(56-24-6-2-7-25-56)65-32-29-50-17-11-14-20-53(50)47-65)60-38-44-63(45-39-60)70(57-26-8-3-9-27-57)66-33-30-51-18-12-15-21-54(51)48-66/h2*1-48H. The Morgan fingerprint density at radius 1 is 0.0786 bits per heavy atom. The van der Waals surface area contributed by atoms with Gasteiger partial charge in [0.25, 0.3) is 0 Å². The summed E-state index contributed by atoms with van der Waals surface area (Å²) < 4.78 is 0. The Morgan fingerprint density at radius 2 is 0.214 bits per heavy atom. The number of rotatable bonds is 24. The Bertz CT molecular complexity index is 7610. The molecule has 0 saturated carbocycles. The molecule has 0 aliphatic carbocycles. The topological polar surface area (TPSA) is 25.9 Å². The van der Waals surface area contributed by atoms with Gasteiger partial charge in [-0.3, -0.25) is 0 Å². The number of nitrogens with zero attached hydrogens (tertiary/aromatic N) is 8. The molecule has 0 atom stereocenters. The molecule has 0 heterocycles. The second-order valence-electron chi connectivity index (χ2n) is 34.9. The van der Waals surface area contributed by atoms with Gasteiger partial charge < -0.3 is 39.2 Å². The van der Waals surface area contributed by atoms with Crippen LogP contribution < -0.4 is 39.2 Å². The monoisotopic (exact) mass is 1790 g/mol. The van der Waals surface area contributed by atoms with Gasteiger partial charge in [0.1, 0.15) is 0 Å². The second kappa shape index (κ2) is 39.0. The minimum absolute atomic E-state index is 1.04. The molecule has 24 rings (SSSR count). The third-order valence-electron chi connectivity index (χ3n) is 26.3. The van der Waals surface area contributed by atoms with Gasteiger partial charge in [0.2, 0.25) is 0 Å². The fraction of sp³-hybridized carbons (Fsp3) is 0. The zero-order valence-corrected chi connectivity index (χ0v) is 77.0. The van der Waals surface area contributed by atoms with Gasteiger partial charge in [0, 0.05) is 136 Å². The first-order valence-corrected chi connectivity index (χ1v) is 47.7. The lowest BCUT2D eigenvalue weighted by molar-refractivity contribution is 1.24. The molecule has 8 nitrogen and oxygen atoms in total. The summed E-state index contributed by atoms with van der Waals surface area (Å²) in [6, 6.07) is 209. The molecular weight excluding hydrogens is 1700 g/mol. The van der Waals surface area contributed by atoms with Crippen molar-refractivity contribution in [1.29, 1.82) is 0 Å². The van der Waals surface area contributed by atoms with Crippen molar-refractivity contribution in [3.63, 3.8) is 0 Å². The lowest BCUT2D eigenvalue weighted by Gasteiger charge is -2.31. The Kier molecular flexibility index (Phi) is 23.8. The number of benzene rings is 24. The van der Waals surface area contributed by atoms with E-state index < -0.39 is 0 Å². The Labute approximate surface area is 817 Å². The largest absolute Gasteiger partial charge is 0.310 e. The Morgan fingerprint density at radius 3 is 0.421 bits per heavy atom. The quantitative estimate of drug-likeness (QED) is 0.0591. The minimum atomic E-state index is 1.04. The van der Waals surface area contributed by atoms with Gasteiger partial charge in [-0.1, -0.05) is 309 Å². The third kappa shape index (κ3) is 17.5. The minimum Gasteiger partial charge on any atom is -0.310 e. The lowest BCUT2D eigenvalue weighted by atomic mass is 10.1. The normalized spacial score (nSPS) is 11.1. The molecule has 0 amide bonds. The number of anilines is 24. The van der Waals surface area contributed by atoms with E-state index in [0.29, 0.717) is 0 Å². The zero-order valence-electron chi connectivity index (χ0n) is 77.0. The Balaban J connectivity index is 0.000000156. The number of hydrogen-bond donors (Lipinski definition) is 0. The van der Waals surface area contributed by atoms with Crippen molar-refractivity contribution in [2.24, 2.45) is 0 Å². The van der Waals surface area contributed by atoms with E-state index in [1.807, 2.05) is 0 Å². The molecule has 0 aliphatic heterocycles. The van der Waals surface area contributed by atoms with Crippen LogP contribution in [0.1, 0.15) is 0 Å². The van der Waals surface area contributed by atoms with E-state index in [4.69, 9.17) is 0 Å². The van der Waals surface area contributed by atoms with E-state index in [2.05, 4.69) is 622 Å². The predicted molar refractivity (Wildman–Crippen MR) is 595 cm³/mol. The highest BCUT2D eigenvalue weighted by molar-refractivity contribution is 6.04. The highest BCUT2D eigenvalue weighted by atomic mass is 15.2. The van der Waals surface area contributed by atoms with Crippen molar-refractivity contribution in [2.45, 2.75) is 0 Å². The summed E-state index contributed by atoms with van der Waals surface area (Å²) in [6.07, 6.45) is 0. The van der Waals surface area contributed by atoms with Crippen LogP contribution in [0.2, 0.25) is 0 Å². The van der Waals surface area contributed by atoms with Crippen LogP contribution in [0.25, 0.3) is 64.6 Å². The van der Waals surface area contributed by atoms with Crippen LogP contribution in [0, 0.1) is 0 Å². The molecule has 0 saturated heterocycles. The molecule has 0 aromatic heterocycles. The molecule has 0 aliphatic rings. The van der Waals surface area contributed by atoms with Crippen molar-refractivity contribution >= 4 is 201 Å². The fourth-order valence-electron chi connectivity index (χ4n) is 19.6. The van der Waals surface area contributed by atoms with Crippen LogP contribution in [0.4, 0.5) is 136 Å². The van der Waals surface area contributed by atoms with Crippen LogP contribution in [0.15, 0.2) is 582 Å². The van der Waals surface area contributed by atoms with E-state index in [9.17, 15) is 0 Å². The van der Waals surface area contributed by atoms with Gasteiger partial charge in [0.05, 0.1) is 17.1 Å². The summed E-state index contributed by atoms with van der Waals surface area (Å²) in [4.78, 5) is 18.8. The van der Waals surface area contributed by atoms with E-state index in [0.717, 1.165) is 136 Å². The van der Waals surface area contributed by atoms with Crippen molar-refractivity contribution in [3.8, 4) is 0 Å². The summed E-state index contributed by atoms with van der Waals surface area (Å²) in [6.45, 7) is 0. The molecule has 0 N–H and O–H groups in total. The van der Waals surface area contributed by atoms with E-state index in [-0.39, 0.29) is 0 Å². The molecular formula is C132H96N8. The average Bonchev–Trinajstić information content (AvgIpc) is 0.779. The molecule has 0 radical (unpaired) electrons. The highest BCUT2D eigenvalue weighted by Crippen LogP contribution is 2.50. The van der Waals surface area contributed by atoms with Crippen LogP contribution in [0.3, 0.4) is 0 Å². The summed E-state index contributed by atoms with van der Waals surface area (Å²) in [5.74, 6) is 0. The number of para-hydroxylation sites is 6. The van der Waals surface area contributed by atoms with Gasteiger partial charge in [-0.25, -0.2) is 0 Å². The van der Waals surface area contributed by atoms with Crippen molar-refractivity contribution in [2.75, 3.05) is 39.2 Å². The van der Waals surface area contributed by atoms with Gasteiger partial charge >= 0.3 is 0 Å². The lowest BCUT2D eigenvalue weighted by Crippen LogP contribution is -2.14. The number of hydrogen-bond acceptors (Lipinski definition) is 8. The zero-order chi connectivity index (χ0) is 93.3.